The monoisotopic (exact) mass is 501 g/mol. The number of halogens is 1. The number of hydrogen-bond acceptors (Lipinski definition) is 4. The fraction of sp³-hybridized carbons (Fsp3) is 0.423. The summed E-state index contributed by atoms with van der Waals surface area (Å²) in [5.74, 6) is 0.783. The summed E-state index contributed by atoms with van der Waals surface area (Å²) in [6.45, 7) is 7.39. The molecular formula is C26H32ClN3O3S. The average molecular weight is 502 g/mol. The maximum atomic E-state index is 12.6. The van der Waals surface area contributed by atoms with Crippen molar-refractivity contribution in [3.8, 4) is 0 Å². The number of nitrogens with zero attached hydrogens (tertiary/aromatic N) is 2. The Labute approximate surface area is 209 Å². The van der Waals surface area contributed by atoms with Gasteiger partial charge in [-0.1, -0.05) is 62.4 Å². The molecule has 0 saturated heterocycles. The lowest BCUT2D eigenvalue weighted by Crippen LogP contribution is -2.29. The number of nitrogens with one attached hydrogen (secondary N) is 1. The Kier molecular flexibility index (Phi) is 9.30. The zero-order valence-corrected chi connectivity index (χ0v) is 21.5. The topological polar surface area (TPSA) is 73.1 Å². The Morgan fingerprint density at radius 1 is 0.971 bits per heavy atom. The molecule has 1 amide bonds. The summed E-state index contributed by atoms with van der Waals surface area (Å²) >= 11 is 6.61. The molecule has 8 heteroatoms. The Hall–Kier alpha value is -2.64. The predicted molar refractivity (Wildman–Crippen MR) is 139 cm³/mol. The van der Waals surface area contributed by atoms with Crippen molar-refractivity contribution >= 4 is 29.0 Å². The van der Waals surface area contributed by atoms with E-state index in [1.54, 1.807) is 0 Å². The molecule has 1 heterocycles. The number of carbonyl (C=O) groups is 1. The molecule has 1 aromatic heterocycles. The molecule has 3 rings (SSSR count). The lowest BCUT2D eigenvalue weighted by atomic mass is 9.96. The van der Waals surface area contributed by atoms with Crippen LogP contribution in [0.3, 0.4) is 0 Å². The van der Waals surface area contributed by atoms with Crippen LogP contribution in [0.15, 0.2) is 58.1 Å². The van der Waals surface area contributed by atoms with Crippen LogP contribution < -0.4 is 15.9 Å². The molecule has 0 aliphatic heterocycles. The van der Waals surface area contributed by atoms with Gasteiger partial charge in [0, 0.05) is 30.5 Å². The summed E-state index contributed by atoms with van der Waals surface area (Å²) in [4.78, 5) is 37.0. The first kappa shape index (κ1) is 26.0. The number of hydrogen-bond donors (Lipinski definition) is 1. The van der Waals surface area contributed by atoms with Crippen molar-refractivity contribution in [1.29, 1.82) is 0 Å². The van der Waals surface area contributed by atoms with Crippen LogP contribution in [-0.2, 0) is 30.8 Å². The van der Waals surface area contributed by atoms with Gasteiger partial charge >= 0.3 is 10.6 Å². The summed E-state index contributed by atoms with van der Waals surface area (Å²) in [5, 5.41) is 3.00. The molecule has 0 spiro atoms. The van der Waals surface area contributed by atoms with Crippen molar-refractivity contribution in [3.63, 3.8) is 0 Å². The Bertz CT molecular complexity index is 1190. The molecule has 2 aromatic carbocycles. The number of benzene rings is 2. The summed E-state index contributed by atoms with van der Waals surface area (Å²) in [6.07, 6.45) is 1.67. The van der Waals surface area contributed by atoms with E-state index < -0.39 is 0 Å². The molecule has 1 atom stereocenters. The van der Waals surface area contributed by atoms with Crippen LogP contribution in [0.25, 0.3) is 0 Å². The normalized spacial score (nSPS) is 12.1. The first-order chi connectivity index (χ1) is 16.3. The molecule has 3 aromatic rings. The highest BCUT2D eigenvalue weighted by molar-refractivity contribution is 7.03. The van der Waals surface area contributed by atoms with Crippen LogP contribution in [0, 0.1) is 5.92 Å². The van der Waals surface area contributed by atoms with Crippen molar-refractivity contribution in [3.05, 3.63) is 90.9 Å². The SMILES string of the molecule is CC(C)Cc1ccc(C(C)C(=O)NCc2ccc(Cn3c(=O)sn(CCCCl)c3=O)cc2)cc1. The van der Waals surface area contributed by atoms with Gasteiger partial charge in [-0.25, -0.2) is 13.3 Å². The molecular weight excluding hydrogens is 470 g/mol. The van der Waals surface area contributed by atoms with E-state index in [0.717, 1.165) is 34.6 Å². The van der Waals surface area contributed by atoms with E-state index >= 15 is 0 Å². The van der Waals surface area contributed by atoms with Gasteiger partial charge in [-0.05, 0) is 47.9 Å². The van der Waals surface area contributed by atoms with Gasteiger partial charge in [-0.2, -0.15) is 0 Å². The molecule has 1 unspecified atom stereocenters. The van der Waals surface area contributed by atoms with Gasteiger partial charge in [-0.15, -0.1) is 11.6 Å². The lowest BCUT2D eigenvalue weighted by Gasteiger charge is -2.14. The molecule has 0 radical (unpaired) electrons. The molecule has 0 aliphatic carbocycles. The van der Waals surface area contributed by atoms with Gasteiger partial charge in [0.2, 0.25) is 5.91 Å². The minimum Gasteiger partial charge on any atom is -0.352 e. The van der Waals surface area contributed by atoms with Crippen LogP contribution in [0.4, 0.5) is 0 Å². The summed E-state index contributed by atoms with van der Waals surface area (Å²) in [6, 6.07) is 15.8. The Morgan fingerprint density at radius 2 is 1.59 bits per heavy atom. The first-order valence-corrected chi connectivity index (χ1v) is 12.9. The van der Waals surface area contributed by atoms with E-state index in [9.17, 15) is 14.4 Å². The van der Waals surface area contributed by atoms with E-state index in [0.29, 0.717) is 31.3 Å². The maximum Gasteiger partial charge on any atom is 0.341 e. The summed E-state index contributed by atoms with van der Waals surface area (Å²) in [7, 11) is 0. The number of rotatable bonds is 11. The van der Waals surface area contributed by atoms with Crippen LogP contribution in [-0.4, -0.2) is 20.3 Å². The van der Waals surface area contributed by atoms with E-state index in [1.165, 1.54) is 14.1 Å². The van der Waals surface area contributed by atoms with E-state index in [-0.39, 0.29) is 28.9 Å². The maximum absolute atomic E-state index is 12.6. The highest BCUT2D eigenvalue weighted by Gasteiger charge is 2.15. The number of carbonyl (C=O) groups excluding carboxylic acids is 1. The summed E-state index contributed by atoms with van der Waals surface area (Å²) < 4.78 is 2.69. The van der Waals surface area contributed by atoms with Crippen LogP contribution in [0.2, 0.25) is 0 Å². The Morgan fingerprint density at radius 3 is 2.21 bits per heavy atom. The van der Waals surface area contributed by atoms with Crippen molar-refractivity contribution in [2.24, 2.45) is 5.92 Å². The molecule has 6 nitrogen and oxygen atoms in total. The van der Waals surface area contributed by atoms with E-state index in [1.807, 2.05) is 43.3 Å². The quantitative estimate of drug-likeness (QED) is 0.396. The van der Waals surface area contributed by atoms with Crippen molar-refractivity contribution in [1.82, 2.24) is 13.8 Å². The van der Waals surface area contributed by atoms with Crippen LogP contribution in [0.1, 0.15) is 55.4 Å². The number of alkyl halides is 1. The lowest BCUT2D eigenvalue weighted by molar-refractivity contribution is -0.122. The third-order valence-electron chi connectivity index (χ3n) is 5.70. The fourth-order valence-corrected chi connectivity index (χ4v) is 4.67. The smallest absolute Gasteiger partial charge is 0.341 e. The minimum atomic E-state index is -0.303. The minimum absolute atomic E-state index is 0.0250. The fourth-order valence-electron chi connectivity index (χ4n) is 3.72. The molecule has 0 fully saturated rings. The highest BCUT2D eigenvalue weighted by atomic mass is 35.5. The van der Waals surface area contributed by atoms with Crippen LogP contribution in [0.5, 0.6) is 0 Å². The third-order valence-corrected chi connectivity index (χ3v) is 6.90. The largest absolute Gasteiger partial charge is 0.352 e. The number of aromatic nitrogens is 2. The standard InChI is InChI=1S/C26H32ClN3O3S/c1-18(2)15-20-9-11-23(12-10-20)19(3)24(31)28-16-21-5-7-22(8-6-21)17-29-25(32)30(14-4-13-27)34-26(29)33/h5-12,18-19H,4,13-17H2,1-3H3,(H,28,31). The van der Waals surface area contributed by atoms with Crippen LogP contribution >= 0.6 is 23.1 Å². The van der Waals surface area contributed by atoms with Gasteiger partial charge in [0.25, 0.3) is 0 Å². The predicted octanol–water partition coefficient (Wildman–Crippen LogP) is 4.37. The number of amides is 1. The zero-order valence-electron chi connectivity index (χ0n) is 19.9. The van der Waals surface area contributed by atoms with Crippen molar-refractivity contribution in [2.75, 3.05) is 5.88 Å². The average Bonchev–Trinajstić information content (AvgIpc) is 3.09. The van der Waals surface area contributed by atoms with E-state index in [2.05, 4.69) is 31.3 Å². The molecule has 0 aliphatic rings. The Balaban J connectivity index is 1.56. The molecule has 1 N–H and O–H groups in total. The van der Waals surface area contributed by atoms with Gasteiger partial charge in [0.15, 0.2) is 0 Å². The second-order valence-electron chi connectivity index (χ2n) is 8.97. The van der Waals surface area contributed by atoms with Crippen molar-refractivity contribution < 1.29 is 4.79 Å². The van der Waals surface area contributed by atoms with Crippen molar-refractivity contribution in [2.45, 2.75) is 59.2 Å². The first-order valence-electron chi connectivity index (χ1n) is 11.6. The van der Waals surface area contributed by atoms with Gasteiger partial charge in [0.1, 0.15) is 0 Å². The zero-order chi connectivity index (χ0) is 24.7. The van der Waals surface area contributed by atoms with Gasteiger partial charge in [0.05, 0.1) is 12.5 Å². The molecule has 34 heavy (non-hydrogen) atoms. The third kappa shape index (κ3) is 6.93. The van der Waals surface area contributed by atoms with E-state index in [4.69, 9.17) is 11.6 Å². The second-order valence-corrected chi connectivity index (χ2v) is 10.3. The molecule has 0 saturated carbocycles. The van der Waals surface area contributed by atoms with Gasteiger partial charge < -0.3 is 5.32 Å². The molecule has 0 bridgehead atoms. The number of aryl methyl sites for hydroxylation is 1. The highest BCUT2D eigenvalue weighted by Crippen LogP contribution is 2.18. The van der Waals surface area contributed by atoms with Gasteiger partial charge in [-0.3, -0.25) is 9.59 Å². The molecule has 182 valence electrons. The summed E-state index contributed by atoms with van der Waals surface area (Å²) in [5.41, 5.74) is 3.78. The second kappa shape index (κ2) is 12.2.